The van der Waals surface area contributed by atoms with Gasteiger partial charge in [0, 0.05) is 30.4 Å². The van der Waals surface area contributed by atoms with E-state index < -0.39 is 0 Å². The van der Waals surface area contributed by atoms with Gasteiger partial charge in [0.2, 0.25) is 0 Å². The zero-order valence-corrected chi connectivity index (χ0v) is 17.6. The van der Waals surface area contributed by atoms with Crippen LogP contribution in [0.1, 0.15) is 45.7 Å². The predicted octanol–water partition coefficient (Wildman–Crippen LogP) is 4.58. The molecule has 4 rings (SSSR count). The van der Waals surface area contributed by atoms with E-state index >= 15 is 0 Å². The second-order valence-corrected chi connectivity index (χ2v) is 8.13. The molecule has 1 atom stereocenters. The molecule has 1 aliphatic rings. The molecular weight excluding hydrogens is 360 g/mol. The highest BCUT2D eigenvalue weighted by atomic mass is 16.2. The molecule has 1 saturated heterocycles. The topological polar surface area (TPSA) is 58.1 Å². The lowest BCUT2D eigenvalue weighted by atomic mass is 10.0. The van der Waals surface area contributed by atoms with E-state index in [0.717, 1.165) is 47.5 Å². The van der Waals surface area contributed by atoms with Gasteiger partial charge in [0.25, 0.3) is 5.91 Å². The molecule has 0 saturated carbocycles. The Bertz CT molecular complexity index is 1080. The summed E-state index contributed by atoms with van der Waals surface area (Å²) in [4.78, 5) is 24.3. The molecule has 1 unspecified atom stereocenters. The number of fused-ring (bicyclic) bond motifs is 1. The SMILES string of the molecule is Cc1ccc(NC2CCCN(C(=O)c3ccc4nc(C)c(C)nc4c3)C2)cc1C. The smallest absolute Gasteiger partial charge is 0.254 e. The van der Waals surface area contributed by atoms with Crippen LogP contribution in [0.25, 0.3) is 11.0 Å². The van der Waals surface area contributed by atoms with Crippen molar-refractivity contribution in [2.24, 2.45) is 0 Å². The summed E-state index contributed by atoms with van der Waals surface area (Å²) < 4.78 is 0. The third-order valence-electron chi connectivity index (χ3n) is 5.91. The van der Waals surface area contributed by atoms with Gasteiger partial charge in [0.15, 0.2) is 0 Å². The zero-order valence-electron chi connectivity index (χ0n) is 17.6. The molecule has 2 aromatic carbocycles. The van der Waals surface area contributed by atoms with Gasteiger partial charge in [-0.15, -0.1) is 0 Å². The lowest BCUT2D eigenvalue weighted by Crippen LogP contribution is -2.45. The van der Waals surface area contributed by atoms with Crippen LogP contribution >= 0.6 is 0 Å². The molecule has 5 nitrogen and oxygen atoms in total. The predicted molar refractivity (Wildman–Crippen MR) is 117 cm³/mol. The zero-order chi connectivity index (χ0) is 20.5. The van der Waals surface area contributed by atoms with Gasteiger partial charge in [-0.2, -0.15) is 0 Å². The minimum atomic E-state index is 0.0681. The van der Waals surface area contributed by atoms with Crippen molar-refractivity contribution < 1.29 is 4.79 Å². The molecule has 3 aromatic rings. The lowest BCUT2D eigenvalue weighted by molar-refractivity contribution is 0.0715. The Kier molecular flexibility index (Phi) is 5.22. The molecule has 0 radical (unpaired) electrons. The number of nitrogens with one attached hydrogen (secondary N) is 1. The van der Waals surface area contributed by atoms with Crippen molar-refractivity contribution in [2.75, 3.05) is 18.4 Å². The highest BCUT2D eigenvalue weighted by molar-refractivity contribution is 5.97. The van der Waals surface area contributed by atoms with E-state index in [1.807, 2.05) is 36.9 Å². The maximum absolute atomic E-state index is 13.1. The first-order valence-corrected chi connectivity index (χ1v) is 10.3. The molecule has 1 N–H and O–H groups in total. The number of anilines is 1. The Morgan fingerprint density at radius 2 is 1.72 bits per heavy atom. The van der Waals surface area contributed by atoms with Crippen LogP contribution in [-0.2, 0) is 0 Å². The average molecular weight is 389 g/mol. The number of benzene rings is 2. The normalized spacial score (nSPS) is 16.8. The van der Waals surface area contributed by atoms with Crippen molar-refractivity contribution in [1.29, 1.82) is 0 Å². The number of likely N-dealkylation sites (tertiary alicyclic amines) is 1. The molecular formula is C24H28N4O. The van der Waals surface area contributed by atoms with Crippen molar-refractivity contribution in [3.8, 4) is 0 Å². The molecule has 0 aliphatic carbocycles. The van der Waals surface area contributed by atoms with Crippen molar-refractivity contribution in [3.63, 3.8) is 0 Å². The van der Waals surface area contributed by atoms with Crippen LogP contribution in [0.5, 0.6) is 0 Å². The van der Waals surface area contributed by atoms with Gasteiger partial charge in [-0.25, -0.2) is 9.97 Å². The van der Waals surface area contributed by atoms with Gasteiger partial charge in [-0.1, -0.05) is 6.07 Å². The fraction of sp³-hybridized carbons (Fsp3) is 0.375. The Morgan fingerprint density at radius 3 is 2.48 bits per heavy atom. The fourth-order valence-corrected chi connectivity index (χ4v) is 3.89. The van der Waals surface area contributed by atoms with E-state index in [0.29, 0.717) is 12.1 Å². The molecule has 29 heavy (non-hydrogen) atoms. The number of nitrogens with zero attached hydrogens (tertiary/aromatic N) is 3. The number of hydrogen-bond acceptors (Lipinski definition) is 4. The summed E-state index contributed by atoms with van der Waals surface area (Å²) in [6.07, 6.45) is 2.07. The Hall–Kier alpha value is -2.95. The van der Waals surface area contributed by atoms with Crippen molar-refractivity contribution >= 4 is 22.6 Å². The van der Waals surface area contributed by atoms with Crippen LogP contribution in [0, 0.1) is 27.7 Å². The maximum atomic E-state index is 13.1. The number of carbonyl (C=O) groups excluding carboxylic acids is 1. The third kappa shape index (κ3) is 4.09. The van der Waals surface area contributed by atoms with Crippen LogP contribution in [0.4, 0.5) is 5.69 Å². The Balaban J connectivity index is 1.50. The van der Waals surface area contributed by atoms with Gasteiger partial charge < -0.3 is 10.2 Å². The summed E-state index contributed by atoms with van der Waals surface area (Å²) >= 11 is 0. The Morgan fingerprint density at radius 1 is 0.966 bits per heavy atom. The van der Waals surface area contributed by atoms with Crippen LogP contribution in [-0.4, -0.2) is 39.9 Å². The number of aromatic nitrogens is 2. The second-order valence-electron chi connectivity index (χ2n) is 8.13. The van der Waals surface area contributed by atoms with Crippen molar-refractivity contribution in [2.45, 2.75) is 46.6 Å². The molecule has 0 bridgehead atoms. The van der Waals surface area contributed by atoms with Crippen molar-refractivity contribution in [1.82, 2.24) is 14.9 Å². The monoisotopic (exact) mass is 388 g/mol. The number of amides is 1. The van der Waals surface area contributed by atoms with Gasteiger partial charge in [-0.3, -0.25) is 4.79 Å². The van der Waals surface area contributed by atoms with Crippen molar-refractivity contribution in [3.05, 3.63) is 64.5 Å². The number of rotatable bonds is 3. The highest BCUT2D eigenvalue weighted by Crippen LogP contribution is 2.21. The van der Waals surface area contributed by atoms with Crippen LogP contribution in [0.15, 0.2) is 36.4 Å². The van der Waals surface area contributed by atoms with E-state index in [9.17, 15) is 4.79 Å². The summed E-state index contributed by atoms with van der Waals surface area (Å²) in [6.45, 7) is 9.66. The number of piperidine rings is 1. The molecule has 150 valence electrons. The first kappa shape index (κ1) is 19.4. The fourth-order valence-electron chi connectivity index (χ4n) is 3.89. The second kappa shape index (κ2) is 7.82. The molecule has 1 aromatic heterocycles. The van der Waals surface area contributed by atoms with Crippen LogP contribution < -0.4 is 5.32 Å². The number of carbonyl (C=O) groups is 1. The largest absolute Gasteiger partial charge is 0.381 e. The van der Waals surface area contributed by atoms with Gasteiger partial charge in [0.05, 0.1) is 22.4 Å². The summed E-state index contributed by atoms with van der Waals surface area (Å²) in [5.74, 6) is 0.0681. The quantitative estimate of drug-likeness (QED) is 0.713. The van der Waals surface area contributed by atoms with Crippen LogP contribution in [0.3, 0.4) is 0 Å². The van der Waals surface area contributed by atoms with Gasteiger partial charge in [-0.05, 0) is 82.0 Å². The third-order valence-corrected chi connectivity index (χ3v) is 5.91. The van der Waals surface area contributed by atoms with E-state index in [1.165, 1.54) is 11.1 Å². The van der Waals surface area contributed by atoms with Gasteiger partial charge in [0.1, 0.15) is 0 Å². The summed E-state index contributed by atoms with van der Waals surface area (Å²) in [7, 11) is 0. The number of hydrogen-bond donors (Lipinski definition) is 1. The summed E-state index contributed by atoms with van der Waals surface area (Å²) in [5, 5.41) is 3.61. The lowest BCUT2D eigenvalue weighted by Gasteiger charge is -2.34. The number of aryl methyl sites for hydroxylation is 4. The van der Waals surface area contributed by atoms with E-state index in [-0.39, 0.29) is 11.9 Å². The minimum Gasteiger partial charge on any atom is -0.381 e. The molecule has 1 aliphatic heterocycles. The Labute approximate surface area is 172 Å². The first-order valence-electron chi connectivity index (χ1n) is 10.3. The van der Waals surface area contributed by atoms with Crippen LogP contribution in [0.2, 0.25) is 0 Å². The summed E-state index contributed by atoms with van der Waals surface area (Å²) in [6, 6.07) is 12.4. The maximum Gasteiger partial charge on any atom is 0.254 e. The molecule has 2 heterocycles. The van der Waals surface area contributed by atoms with E-state index in [1.54, 1.807) is 0 Å². The minimum absolute atomic E-state index is 0.0681. The van der Waals surface area contributed by atoms with E-state index in [4.69, 9.17) is 0 Å². The summed E-state index contributed by atoms with van der Waals surface area (Å²) in [5.41, 5.74) is 7.81. The highest BCUT2D eigenvalue weighted by Gasteiger charge is 2.25. The standard InChI is InChI=1S/C24H28N4O/c1-15-7-9-20(12-16(15)2)27-21-6-5-11-28(14-21)24(29)19-8-10-22-23(13-19)26-18(4)17(3)25-22/h7-10,12-13,21,27H,5-6,11,14H2,1-4H3. The van der Waals surface area contributed by atoms with E-state index in [2.05, 4.69) is 47.3 Å². The molecule has 5 heteroatoms. The molecule has 1 fully saturated rings. The van der Waals surface area contributed by atoms with Gasteiger partial charge >= 0.3 is 0 Å². The first-order chi connectivity index (χ1) is 13.9. The molecule has 0 spiro atoms. The molecule has 1 amide bonds. The average Bonchev–Trinajstić information content (AvgIpc) is 2.71.